The van der Waals surface area contributed by atoms with Crippen LogP contribution in [0.4, 0.5) is 0 Å². The molecule has 16 heavy (non-hydrogen) atoms. The number of rotatable bonds is 6. The van der Waals surface area contributed by atoms with Crippen molar-refractivity contribution in [3.63, 3.8) is 0 Å². The number of allylic oxidation sites excluding steroid dienone is 1. The first-order valence-electron chi connectivity index (χ1n) is 6.04. The van der Waals surface area contributed by atoms with Crippen LogP contribution in [0.2, 0.25) is 0 Å². The summed E-state index contributed by atoms with van der Waals surface area (Å²) in [5, 5.41) is 8.91. The Morgan fingerprint density at radius 2 is 2.00 bits per heavy atom. The van der Waals surface area contributed by atoms with Crippen LogP contribution < -0.4 is 0 Å². The minimum atomic E-state index is 0.757. The van der Waals surface area contributed by atoms with Crippen molar-refractivity contribution in [1.82, 2.24) is 0 Å². The summed E-state index contributed by atoms with van der Waals surface area (Å²) in [6.07, 6.45) is 10.5. The van der Waals surface area contributed by atoms with Crippen molar-refractivity contribution in [2.24, 2.45) is 0 Å². The van der Waals surface area contributed by atoms with E-state index >= 15 is 0 Å². The largest absolute Gasteiger partial charge is 0.192 e. The molecule has 0 unspecified atom stereocenters. The van der Waals surface area contributed by atoms with Crippen molar-refractivity contribution in [3.8, 4) is 6.07 Å². The molecule has 0 N–H and O–H groups in total. The normalized spacial score (nSPS) is 10.5. The van der Waals surface area contributed by atoms with Crippen molar-refractivity contribution < 1.29 is 0 Å². The second-order valence-electron chi connectivity index (χ2n) is 3.95. The molecular weight excluding hydrogens is 194 g/mol. The van der Waals surface area contributed by atoms with Crippen molar-refractivity contribution >= 4 is 6.08 Å². The topological polar surface area (TPSA) is 23.8 Å². The van der Waals surface area contributed by atoms with Crippen LogP contribution in [0, 0.1) is 11.3 Å². The summed E-state index contributed by atoms with van der Waals surface area (Å²) in [6.45, 7) is 2.22. The van der Waals surface area contributed by atoms with Crippen LogP contribution in [0.3, 0.4) is 0 Å². The standard InChI is InChI=1S/C15H19N/c1-2-3-4-5-6-7-10-14-11-8-9-12-15(14)13-16/h7-12H,2-6H2,1H3/b10-7+. The number of nitriles is 1. The molecular formula is C15H19N. The third kappa shape index (κ3) is 4.31. The lowest BCUT2D eigenvalue weighted by Gasteiger charge is -1.97. The molecule has 0 aromatic heterocycles. The van der Waals surface area contributed by atoms with Gasteiger partial charge in [-0.15, -0.1) is 0 Å². The summed E-state index contributed by atoms with van der Waals surface area (Å²) < 4.78 is 0. The zero-order valence-electron chi connectivity index (χ0n) is 9.95. The molecule has 1 aromatic carbocycles. The lowest BCUT2D eigenvalue weighted by Crippen LogP contribution is -1.80. The highest BCUT2D eigenvalue weighted by atomic mass is 14.2. The van der Waals surface area contributed by atoms with Crippen LogP contribution in [-0.2, 0) is 0 Å². The Morgan fingerprint density at radius 1 is 1.19 bits per heavy atom. The molecule has 0 aliphatic carbocycles. The van der Waals surface area contributed by atoms with Gasteiger partial charge in [0.1, 0.15) is 0 Å². The van der Waals surface area contributed by atoms with E-state index in [0.29, 0.717) is 0 Å². The smallest absolute Gasteiger partial charge is 0.0997 e. The molecule has 0 amide bonds. The number of hydrogen-bond acceptors (Lipinski definition) is 1. The Morgan fingerprint density at radius 3 is 2.75 bits per heavy atom. The zero-order valence-corrected chi connectivity index (χ0v) is 9.95. The Labute approximate surface area is 98.4 Å². The van der Waals surface area contributed by atoms with Crippen LogP contribution in [0.1, 0.15) is 50.2 Å². The first-order valence-corrected chi connectivity index (χ1v) is 6.04. The maximum absolute atomic E-state index is 8.91. The predicted octanol–water partition coefficient (Wildman–Crippen LogP) is 4.54. The molecule has 84 valence electrons. The fraction of sp³-hybridized carbons (Fsp3) is 0.400. The molecule has 1 aromatic rings. The Balaban J connectivity index is 2.41. The Bertz CT molecular complexity index is 371. The fourth-order valence-corrected chi connectivity index (χ4v) is 1.64. The average Bonchev–Trinajstić information content (AvgIpc) is 2.34. The lowest BCUT2D eigenvalue weighted by molar-refractivity contribution is 0.675. The van der Waals surface area contributed by atoms with Gasteiger partial charge in [0.2, 0.25) is 0 Å². The van der Waals surface area contributed by atoms with E-state index in [1.54, 1.807) is 0 Å². The number of benzene rings is 1. The van der Waals surface area contributed by atoms with Gasteiger partial charge in [-0.25, -0.2) is 0 Å². The minimum Gasteiger partial charge on any atom is -0.192 e. The molecule has 0 bridgehead atoms. The molecule has 0 radical (unpaired) electrons. The van der Waals surface area contributed by atoms with E-state index in [-0.39, 0.29) is 0 Å². The summed E-state index contributed by atoms with van der Waals surface area (Å²) in [6, 6.07) is 9.92. The van der Waals surface area contributed by atoms with Gasteiger partial charge in [-0.3, -0.25) is 0 Å². The lowest BCUT2D eigenvalue weighted by atomic mass is 10.1. The van der Waals surface area contributed by atoms with E-state index in [9.17, 15) is 0 Å². The maximum atomic E-state index is 8.91. The molecule has 1 rings (SSSR count). The van der Waals surface area contributed by atoms with E-state index in [4.69, 9.17) is 5.26 Å². The molecule has 0 aliphatic rings. The van der Waals surface area contributed by atoms with Gasteiger partial charge in [-0.2, -0.15) is 5.26 Å². The van der Waals surface area contributed by atoms with Gasteiger partial charge in [-0.05, 0) is 24.5 Å². The van der Waals surface area contributed by atoms with Crippen molar-refractivity contribution in [1.29, 1.82) is 5.26 Å². The van der Waals surface area contributed by atoms with Gasteiger partial charge in [0.15, 0.2) is 0 Å². The highest BCUT2D eigenvalue weighted by Gasteiger charge is 1.94. The molecule has 0 spiro atoms. The summed E-state index contributed by atoms with van der Waals surface area (Å²) in [4.78, 5) is 0. The zero-order chi connectivity index (χ0) is 11.6. The van der Waals surface area contributed by atoms with Crippen molar-refractivity contribution in [2.75, 3.05) is 0 Å². The van der Waals surface area contributed by atoms with Gasteiger partial charge in [0.25, 0.3) is 0 Å². The molecule has 0 saturated heterocycles. The third-order valence-corrected chi connectivity index (χ3v) is 2.60. The van der Waals surface area contributed by atoms with Gasteiger partial charge in [0, 0.05) is 0 Å². The highest BCUT2D eigenvalue weighted by Crippen LogP contribution is 2.11. The molecule has 1 nitrogen and oxygen atoms in total. The molecule has 1 heteroatoms. The minimum absolute atomic E-state index is 0.757. The van der Waals surface area contributed by atoms with E-state index in [1.807, 2.05) is 24.3 Å². The van der Waals surface area contributed by atoms with E-state index in [2.05, 4.69) is 25.1 Å². The van der Waals surface area contributed by atoms with Crippen LogP contribution in [-0.4, -0.2) is 0 Å². The summed E-state index contributed by atoms with van der Waals surface area (Å²) in [5.74, 6) is 0. The first kappa shape index (κ1) is 12.5. The summed E-state index contributed by atoms with van der Waals surface area (Å²) >= 11 is 0. The van der Waals surface area contributed by atoms with Gasteiger partial charge in [-0.1, -0.05) is 56.5 Å². The summed E-state index contributed by atoms with van der Waals surface area (Å²) in [5.41, 5.74) is 1.78. The van der Waals surface area contributed by atoms with E-state index < -0.39 is 0 Å². The van der Waals surface area contributed by atoms with Crippen LogP contribution >= 0.6 is 0 Å². The Hall–Kier alpha value is -1.55. The predicted molar refractivity (Wildman–Crippen MR) is 69.0 cm³/mol. The molecule has 0 saturated carbocycles. The molecule has 0 heterocycles. The number of nitrogens with zero attached hydrogens (tertiary/aromatic N) is 1. The van der Waals surface area contributed by atoms with Crippen molar-refractivity contribution in [2.45, 2.75) is 39.0 Å². The van der Waals surface area contributed by atoms with Crippen LogP contribution in [0.15, 0.2) is 30.3 Å². The second-order valence-corrected chi connectivity index (χ2v) is 3.95. The van der Waals surface area contributed by atoms with Gasteiger partial charge >= 0.3 is 0 Å². The van der Waals surface area contributed by atoms with Gasteiger partial charge < -0.3 is 0 Å². The third-order valence-electron chi connectivity index (χ3n) is 2.60. The maximum Gasteiger partial charge on any atom is 0.0997 e. The SMILES string of the molecule is CCCCCC/C=C/c1ccccc1C#N. The summed E-state index contributed by atoms with van der Waals surface area (Å²) in [7, 11) is 0. The van der Waals surface area contributed by atoms with Crippen LogP contribution in [0.25, 0.3) is 6.08 Å². The fourth-order valence-electron chi connectivity index (χ4n) is 1.64. The quantitative estimate of drug-likeness (QED) is 0.636. The Kier molecular flexibility index (Phi) is 6.03. The average molecular weight is 213 g/mol. The van der Waals surface area contributed by atoms with Gasteiger partial charge in [0.05, 0.1) is 11.6 Å². The molecule has 0 aliphatic heterocycles. The molecule has 0 atom stereocenters. The monoisotopic (exact) mass is 213 g/mol. The number of unbranched alkanes of at least 4 members (excludes halogenated alkanes) is 4. The van der Waals surface area contributed by atoms with Crippen LogP contribution in [0.5, 0.6) is 0 Å². The van der Waals surface area contributed by atoms with E-state index in [0.717, 1.165) is 17.5 Å². The highest BCUT2D eigenvalue weighted by molar-refractivity contribution is 5.57. The molecule has 0 fully saturated rings. The van der Waals surface area contributed by atoms with Crippen molar-refractivity contribution in [3.05, 3.63) is 41.5 Å². The second kappa shape index (κ2) is 7.70. The van der Waals surface area contributed by atoms with E-state index in [1.165, 1.54) is 25.7 Å². The first-order chi connectivity index (χ1) is 7.88. The number of hydrogen-bond donors (Lipinski definition) is 0.